The van der Waals surface area contributed by atoms with Gasteiger partial charge in [0.2, 0.25) is 5.91 Å². The van der Waals surface area contributed by atoms with Crippen LogP contribution in [0.3, 0.4) is 0 Å². The Morgan fingerprint density at radius 1 is 1.41 bits per heavy atom. The lowest BCUT2D eigenvalue weighted by Gasteiger charge is -2.28. The lowest BCUT2D eigenvalue weighted by Crippen LogP contribution is -2.46. The van der Waals surface area contributed by atoms with Crippen LogP contribution in [0.4, 0.5) is 0 Å². The number of nitrogens with two attached hydrogens (primary N) is 1. The normalized spacial score (nSPS) is 21.6. The number of nitrogens with one attached hydrogen (secondary N) is 1. The van der Waals surface area contributed by atoms with Crippen molar-refractivity contribution in [2.24, 2.45) is 22.5 Å². The van der Waals surface area contributed by atoms with Crippen molar-refractivity contribution in [3.05, 3.63) is 0 Å². The predicted octanol–water partition coefficient (Wildman–Crippen LogP) is 2.34. The fourth-order valence-electron chi connectivity index (χ4n) is 2.28. The minimum Gasteiger partial charge on any atom is -0.355 e. The van der Waals surface area contributed by atoms with Gasteiger partial charge in [0, 0.05) is 13.1 Å². The Morgan fingerprint density at radius 2 is 1.88 bits per heavy atom. The number of amides is 1. The number of rotatable bonds is 6. The van der Waals surface area contributed by atoms with Gasteiger partial charge in [0.1, 0.15) is 0 Å². The molecule has 0 aromatic heterocycles. The van der Waals surface area contributed by atoms with Gasteiger partial charge in [-0.05, 0) is 30.6 Å². The molecule has 102 valence electrons. The van der Waals surface area contributed by atoms with Crippen LogP contribution in [0.15, 0.2) is 0 Å². The molecule has 1 saturated carbocycles. The average Bonchev–Trinajstić information content (AvgIpc) is 2.87. The number of halogens is 1. The van der Waals surface area contributed by atoms with Crippen molar-refractivity contribution in [1.29, 1.82) is 0 Å². The predicted molar refractivity (Wildman–Crippen MR) is 74.2 cm³/mol. The standard InChI is InChI=1S/C13H26N2O.ClH/c1-5-13(6-2,9-14)11(16)15-8-10-7-12(10,3)4;/h10H,5-9,14H2,1-4H3,(H,15,16);1H. The van der Waals surface area contributed by atoms with Gasteiger partial charge in [0.05, 0.1) is 5.41 Å². The van der Waals surface area contributed by atoms with Crippen molar-refractivity contribution < 1.29 is 4.79 Å². The highest BCUT2D eigenvalue weighted by molar-refractivity contribution is 5.85. The molecule has 1 unspecified atom stereocenters. The van der Waals surface area contributed by atoms with Crippen molar-refractivity contribution in [1.82, 2.24) is 5.32 Å². The summed E-state index contributed by atoms with van der Waals surface area (Å²) in [5.41, 5.74) is 5.82. The molecule has 0 bridgehead atoms. The summed E-state index contributed by atoms with van der Waals surface area (Å²) < 4.78 is 0. The third kappa shape index (κ3) is 3.59. The van der Waals surface area contributed by atoms with Crippen LogP contribution < -0.4 is 11.1 Å². The molecule has 0 radical (unpaired) electrons. The second kappa shape index (κ2) is 6.05. The molecule has 0 aromatic carbocycles. The summed E-state index contributed by atoms with van der Waals surface area (Å²) in [5.74, 6) is 0.795. The average molecular weight is 263 g/mol. The topological polar surface area (TPSA) is 55.1 Å². The minimum atomic E-state index is -0.348. The molecule has 1 amide bonds. The highest BCUT2D eigenvalue weighted by Gasteiger charge is 2.46. The lowest BCUT2D eigenvalue weighted by molar-refractivity contribution is -0.131. The molecule has 1 aliphatic rings. The molecular formula is C13H27ClN2O. The highest BCUT2D eigenvalue weighted by atomic mass is 35.5. The van der Waals surface area contributed by atoms with Crippen LogP contribution in [-0.2, 0) is 4.79 Å². The van der Waals surface area contributed by atoms with Crippen molar-refractivity contribution >= 4 is 18.3 Å². The van der Waals surface area contributed by atoms with E-state index in [1.807, 2.05) is 13.8 Å². The molecule has 0 saturated heterocycles. The van der Waals surface area contributed by atoms with Crippen LogP contribution in [0.2, 0.25) is 0 Å². The Bertz CT molecular complexity index is 254. The monoisotopic (exact) mass is 262 g/mol. The van der Waals surface area contributed by atoms with Crippen LogP contribution in [0.5, 0.6) is 0 Å². The number of hydrogen-bond donors (Lipinski definition) is 2. The molecule has 3 nitrogen and oxygen atoms in total. The van der Waals surface area contributed by atoms with E-state index in [4.69, 9.17) is 5.73 Å². The maximum atomic E-state index is 12.1. The fourth-order valence-corrected chi connectivity index (χ4v) is 2.28. The van der Waals surface area contributed by atoms with Crippen LogP contribution in [0.25, 0.3) is 0 Å². The maximum Gasteiger partial charge on any atom is 0.227 e. The Hall–Kier alpha value is -0.280. The van der Waals surface area contributed by atoms with E-state index in [0.29, 0.717) is 17.9 Å². The van der Waals surface area contributed by atoms with Crippen molar-refractivity contribution in [3.8, 4) is 0 Å². The van der Waals surface area contributed by atoms with E-state index in [1.165, 1.54) is 6.42 Å². The number of carbonyl (C=O) groups excluding carboxylic acids is 1. The Labute approximate surface area is 111 Å². The quantitative estimate of drug-likeness (QED) is 0.772. The second-order valence-electron chi connectivity index (χ2n) is 5.79. The van der Waals surface area contributed by atoms with Gasteiger partial charge in [-0.15, -0.1) is 12.4 Å². The summed E-state index contributed by atoms with van der Waals surface area (Å²) in [4.78, 5) is 12.1. The van der Waals surface area contributed by atoms with Crippen molar-refractivity contribution in [2.75, 3.05) is 13.1 Å². The smallest absolute Gasteiger partial charge is 0.227 e. The van der Waals surface area contributed by atoms with Crippen LogP contribution in [-0.4, -0.2) is 19.0 Å². The van der Waals surface area contributed by atoms with Gasteiger partial charge < -0.3 is 11.1 Å². The minimum absolute atomic E-state index is 0. The van der Waals surface area contributed by atoms with Crippen LogP contribution in [0.1, 0.15) is 47.0 Å². The summed E-state index contributed by atoms with van der Waals surface area (Å²) in [5, 5.41) is 3.07. The molecule has 1 aliphatic carbocycles. The van der Waals surface area contributed by atoms with Gasteiger partial charge in [0.15, 0.2) is 0 Å². The van der Waals surface area contributed by atoms with Crippen molar-refractivity contribution in [3.63, 3.8) is 0 Å². The maximum absolute atomic E-state index is 12.1. The first-order chi connectivity index (χ1) is 7.41. The molecule has 1 atom stereocenters. The molecule has 17 heavy (non-hydrogen) atoms. The van der Waals surface area contributed by atoms with Crippen molar-refractivity contribution in [2.45, 2.75) is 47.0 Å². The molecule has 3 N–H and O–H groups in total. The van der Waals surface area contributed by atoms with E-state index in [2.05, 4.69) is 19.2 Å². The Kier molecular flexibility index (Phi) is 5.95. The molecule has 0 aliphatic heterocycles. The summed E-state index contributed by atoms with van der Waals surface area (Å²) >= 11 is 0. The van der Waals surface area contributed by atoms with Gasteiger partial charge in [0.25, 0.3) is 0 Å². The molecular weight excluding hydrogens is 236 g/mol. The van der Waals surface area contributed by atoms with E-state index in [1.54, 1.807) is 0 Å². The van der Waals surface area contributed by atoms with Crippen LogP contribution >= 0.6 is 12.4 Å². The fraction of sp³-hybridized carbons (Fsp3) is 0.923. The first kappa shape index (κ1) is 16.7. The van der Waals surface area contributed by atoms with Crippen LogP contribution in [0, 0.1) is 16.7 Å². The summed E-state index contributed by atoms with van der Waals surface area (Å²) in [7, 11) is 0. The largest absolute Gasteiger partial charge is 0.355 e. The van der Waals surface area contributed by atoms with E-state index in [9.17, 15) is 4.79 Å². The van der Waals surface area contributed by atoms with E-state index >= 15 is 0 Å². The SMILES string of the molecule is CCC(CC)(CN)C(=O)NCC1CC1(C)C.Cl. The van der Waals surface area contributed by atoms with Gasteiger partial charge >= 0.3 is 0 Å². The molecule has 0 spiro atoms. The molecule has 1 rings (SSSR count). The number of carbonyl (C=O) groups is 1. The van der Waals surface area contributed by atoms with Gasteiger partial charge in [-0.2, -0.15) is 0 Å². The van der Waals surface area contributed by atoms with Gasteiger partial charge in [-0.25, -0.2) is 0 Å². The van der Waals surface area contributed by atoms with Gasteiger partial charge in [-0.1, -0.05) is 27.7 Å². The Balaban J connectivity index is 0.00000256. The zero-order chi connectivity index (χ0) is 12.4. The van der Waals surface area contributed by atoms with E-state index in [-0.39, 0.29) is 23.7 Å². The lowest BCUT2D eigenvalue weighted by atomic mass is 9.81. The molecule has 4 heteroatoms. The highest BCUT2D eigenvalue weighted by Crippen LogP contribution is 2.51. The number of hydrogen-bond acceptors (Lipinski definition) is 2. The first-order valence-electron chi connectivity index (χ1n) is 6.40. The third-order valence-electron chi connectivity index (χ3n) is 4.45. The molecule has 0 heterocycles. The van der Waals surface area contributed by atoms with E-state index in [0.717, 1.165) is 19.4 Å². The summed E-state index contributed by atoms with van der Waals surface area (Å²) in [6, 6.07) is 0. The summed E-state index contributed by atoms with van der Waals surface area (Å²) in [6.45, 7) is 9.83. The zero-order valence-electron chi connectivity index (χ0n) is 11.5. The zero-order valence-corrected chi connectivity index (χ0v) is 12.3. The second-order valence-corrected chi connectivity index (χ2v) is 5.79. The first-order valence-corrected chi connectivity index (χ1v) is 6.40. The Morgan fingerprint density at radius 3 is 2.18 bits per heavy atom. The summed E-state index contributed by atoms with van der Waals surface area (Å²) in [6.07, 6.45) is 2.86. The third-order valence-corrected chi connectivity index (χ3v) is 4.45. The molecule has 1 fully saturated rings. The van der Waals surface area contributed by atoms with E-state index < -0.39 is 0 Å². The van der Waals surface area contributed by atoms with Gasteiger partial charge in [-0.3, -0.25) is 4.79 Å². The molecule has 0 aromatic rings.